The second-order valence-corrected chi connectivity index (χ2v) is 7.00. The van der Waals surface area contributed by atoms with Gasteiger partial charge in [-0.15, -0.1) is 0 Å². The van der Waals surface area contributed by atoms with E-state index in [1.165, 1.54) is 4.31 Å². The van der Waals surface area contributed by atoms with Gasteiger partial charge in [0.25, 0.3) is 0 Å². The van der Waals surface area contributed by atoms with Crippen molar-refractivity contribution in [3.05, 3.63) is 18.0 Å². The SMILES string of the molecule is CCNCc1cc(S(=O)(=O)N(C)C2CCOCC2)c[nH]1. The molecule has 0 aliphatic carbocycles. The summed E-state index contributed by atoms with van der Waals surface area (Å²) in [5.74, 6) is 0. The van der Waals surface area contributed by atoms with E-state index in [9.17, 15) is 8.42 Å². The van der Waals surface area contributed by atoms with Crippen LogP contribution >= 0.6 is 0 Å². The van der Waals surface area contributed by atoms with E-state index in [0.717, 1.165) is 25.1 Å². The van der Waals surface area contributed by atoms with Crippen LogP contribution in [0.25, 0.3) is 0 Å². The largest absolute Gasteiger partial charge is 0.381 e. The molecule has 2 heterocycles. The lowest BCUT2D eigenvalue weighted by molar-refractivity contribution is 0.0632. The average Bonchev–Trinajstić information content (AvgIpc) is 2.94. The van der Waals surface area contributed by atoms with Crippen LogP contribution in [-0.2, 0) is 21.3 Å². The summed E-state index contributed by atoms with van der Waals surface area (Å²) in [5, 5.41) is 3.17. The highest BCUT2D eigenvalue weighted by Crippen LogP contribution is 2.22. The van der Waals surface area contributed by atoms with E-state index in [2.05, 4.69) is 10.3 Å². The zero-order valence-electron chi connectivity index (χ0n) is 12.1. The average molecular weight is 301 g/mol. The summed E-state index contributed by atoms with van der Waals surface area (Å²) in [6, 6.07) is 1.73. The van der Waals surface area contributed by atoms with Gasteiger partial charge in [-0.3, -0.25) is 0 Å². The topological polar surface area (TPSA) is 74.4 Å². The first kappa shape index (κ1) is 15.5. The molecule has 0 amide bonds. The van der Waals surface area contributed by atoms with Gasteiger partial charge < -0.3 is 15.0 Å². The molecule has 2 rings (SSSR count). The predicted octanol–water partition coefficient (Wildman–Crippen LogP) is 0.924. The molecule has 0 atom stereocenters. The van der Waals surface area contributed by atoms with E-state index in [-0.39, 0.29) is 6.04 Å². The Labute approximate surface area is 120 Å². The summed E-state index contributed by atoms with van der Waals surface area (Å²) in [5.41, 5.74) is 0.880. The number of nitrogens with zero attached hydrogens (tertiary/aromatic N) is 1. The Morgan fingerprint density at radius 3 is 2.80 bits per heavy atom. The van der Waals surface area contributed by atoms with E-state index < -0.39 is 10.0 Å². The maximum atomic E-state index is 12.6. The maximum absolute atomic E-state index is 12.6. The molecule has 1 fully saturated rings. The summed E-state index contributed by atoms with van der Waals surface area (Å²) < 4.78 is 31.9. The first-order chi connectivity index (χ1) is 9.55. The van der Waals surface area contributed by atoms with Gasteiger partial charge in [0.05, 0.1) is 4.90 Å². The minimum Gasteiger partial charge on any atom is -0.381 e. The lowest BCUT2D eigenvalue weighted by atomic mass is 10.1. The van der Waals surface area contributed by atoms with Crippen LogP contribution < -0.4 is 5.32 Å². The van der Waals surface area contributed by atoms with E-state index in [1.54, 1.807) is 19.3 Å². The highest BCUT2D eigenvalue weighted by atomic mass is 32.2. The Kier molecular flexibility index (Phi) is 5.20. The van der Waals surface area contributed by atoms with Crippen LogP contribution in [0.3, 0.4) is 0 Å². The van der Waals surface area contributed by atoms with Crippen molar-refractivity contribution in [1.82, 2.24) is 14.6 Å². The van der Waals surface area contributed by atoms with Gasteiger partial charge in [0.2, 0.25) is 10.0 Å². The Morgan fingerprint density at radius 1 is 1.45 bits per heavy atom. The minimum atomic E-state index is -3.42. The summed E-state index contributed by atoms with van der Waals surface area (Å²) in [6.45, 7) is 4.77. The molecular formula is C13H23N3O3S. The number of aromatic nitrogens is 1. The molecule has 0 bridgehead atoms. The molecule has 114 valence electrons. The molecule has 20 heavy (non-hydrogen) atoms. The van der Waals surface area contributed by atoms with Crippen LogP contribution in [0.2, 0.25) is 0 Å². The first-order valence-electron chi connectivity index (χ1n) is 6.99. The van der Waals surface area contributed by atoms with Crippen molar-refractivity contribution < 1.29 is 13.2 Å². The summed E-state index contributed by atoms with van der Waals surface area (Å²) in [7, 11) is -1.77. The van der Waals surface area contributed by atoms with Gasteiger partial charge in [0.15, 0.2) is 0 Å². The third-order valence-corrected chi connectivity index (χ3v) is 5.55. The molecule has 0 aromatic carbocycles. The number of H-pyrrole nitrogens is 1. The van der Waals surface area contributed by atoms with Crippen molar-refractivity contribution in [3.8, 4) is 0 Å². The second-order valence-electron chi connectivity index (χ2n) is 5.01. The minimum absolute atomic E-state index is 0.0286. The molecule has 1 aromatic heterocycles. The molecule has 1 aromatic rings. The van der Waals surface area contributed by atoms with E-state index in [0.29, 0.717) is 24.7 Å². The molecule has 6 nitrogen and oxygen atoms in total. The Morgan fingerprint density at radius 2 is 2.15 bits per heavy atom. The molecule has 1 aliphatic heterocycles. The molecule has 2 N–H and O–H groups in total. The Balaban J connectivity index is 2.10. The number of aromatic amines is 1. The Hall–Kier alpha value is -0.890. The third-order valence-electron chi connectivity index (χ3n) is 3.66. The van der Waals surface area contributed by atoms with Crippen molar-refractivity contribution in [1.29, 1.82) is 0 Å². The molecule has 1 saturated heterocycles. The fraction of sp³-hybridized carbons (Fsp3) is 0.692. The van der Waals surface area contributed by atoms with Crippen molar-refractivity contribution in [2.24, 2.45) is 0 Å². The van der Waals surface area contributed by atoms with Crippen molar-refractivity contribution in [3.63, 3.8) is 0 Å². The van der Waals surface area contributed by atoms with E-state index in [1.807, 2.05) is 6.92 Å². The number of rotatable bonds is 6. The zero-order chi connectivity index (χ0) is 14.6. The fourth-order valence-electron chi connectivity index (χ4n) is 2.34. The highest BCUT2D eigenvalue weighted by Gasteiger charge is 2.29. The normalized spacial score (nSPS) is 17.8. The highest BCUT2D eigenvalue weighted by molar-refractivity contribution is 7.89. The van der Waals surface area contributed by atoms with Gasteiger partial charge in [0, 0.05) is 44.7 Å². The molecule has 7 heteroatoms. The quantitative estimate of drug-likeness (QED) is 0.819. The predicted molar refractivity (Wildman–Crippen MR) is 77.0 cm³/mol. The van der Waals surface area contributed by atoms with Gasteiger partial charge in [0.1, 0.15) is 0 Å². The fourth-order valence-corrected chi connectivity index (χ4v) is 3.78. The molecule has 0 spiro atoms. The lowest BCUT2D eigenvalue weighted by Gasteiger charge is -2.30. The van der Waals surface area contributed by atoms with E-state index in [4.69, 9.17) is 4.74 Å². The van der Waals surface area contributed by atoms with Crippen LogP contribution in [-0.4, -0.2) is 50.6 Å². The zero-order valence-corrected chi connectivity index (χ0v) is 12.9. The molecular weight excluding hydrogens is 278 g/mol. The van der Waals surface area contributed by atoms with Crippen molar-refractivity contribution >= 4 is 10.0 Å². The maximum Gasteiger partial charge on any atom is 0.244 e. The number of sulfonamides is 1. The van der Waals surface area contributed by atoms with Gasteiger partial charge in [-0.1, -0.05) is 6.92 Å². The lowest BCUT2D eigenvalue weighted by Crippen LogP contribution is -2.40. The monoisotopic (exact) mass is 301 g/mol. The summed E-state index contributed by atoms with van der Waals surface area (Å²) in [4.78, 5) is 3.34. The Bertz CT molecular complexity index is 521. The summed E-state index contributed by atoms with van der Waals surface area (Å²) in [6.07, 6.45) is 3.08. The van der Waals surface area contributed by atoms with Crippen molar-refractivity contribution in [2.75, 3.05) is 26.8 Å². The number of hydrogen-bond acceptors (Lipinski definition) is 4. The van der Waals surface area contributed by atoms with Crippen molar-refractivity contribution in [2.45, 2.75) is 37.2 Å². The van der Waals surface area contributed by atoms with Crippen LogP contribution in [0.5, 0.6) is 0 Å². The van der Waals surface area contributed by atoms with Crippen LogP contribution in [0, 0.1) is 0 Å². The van der Waals surface area contributed by atoms with E-state index >= 15 is 0 Å². The van der Waals surface area contributed by atoms with Crippen LogP contribution in [0.1, 0.15) is 25.5 Å². The third kappa shape index (κ3) is 3.41. The number of ether oxygens (including phenoxy) is 1. The molecule has 1 aliphatic rings. The molecule has 0 saturated carbocycles. The van der Waals surface area contributed by atoms with Crippen LogP contribution in [0.4, 0.5) is 0 Å². The molecule has 0 unspecified atom stereocenters. The smallest absolute Gasteiger partial charge is 0.244 e. The van der Waals surface area contributed by atoms with Gasteiger partial charge >= 0.3 is 0 Å². The first-order valence-corrected chi connectivity index (χ1v) is 8.43. The number of nitrogens with one attached hydrogen (secondary N) is 2. The second kappa shape index (κ2) is 6.71. The molecule has 0 radical (unpaired) electrons. The standard InChI is InChI=1S/C13H23N3O3S/c1-3-14-9-11-8-13(10-15-11)20(17,18)16(2)12-4-6-19-7-5-12/h8,10,12,14-15H,3-7,9H2,1-2H3. The van der Waals surface area contributed by atoms with Gasteiger partial charge in [-0.05, 0) is 25.5 Å². The number of hydrogen-bond donors (Lipinski definition) is 2. The summed E-state index contributed by atoms with van der Waals surface area (Å²) >= 11 is 0. The van der Waals surface area contributed by atoms with Crippen LogP contribution in [0.15, 0.2) is 17.2 Å². The van der Waals surface area contributed by atoms with Gasteiger partial charge in [-0.25, -0.2) is 8.42 Å². The van der Waals surface area contributed by atoms with Gasteiger partial charge in [-0.2, -0.15) is 4.31 Å².